The van der Waals surface area contributed by atoms with E-state index in [9.17, 15) is 0 Å². The van der Waals surface area contributed by atoms with E-state index in [0.29, 0.717) is 11.8 Å². The monoisotopic (exact) mass is 260 g/mol. The van der Waals surface area contributed by atoms with Gasteiger partial charge < -0.3 is 8.85 Å². The molecule has 0 radical (unpaired) electrons. The van der Waals surface area contributed by atoms with Crippen molar-refractivity contribution in [3.8, 4) is 0 Å². The number of rotatable bonds is 9. The maximum atomic E-state index is 6.09. The summed E-state index contributed by atoms with van der Waals surface area (Å²) < 4.78 is 12.2. The first-order valence-electron chi connectivity index (χ1n) is 7.02. The molecule has 17 heavy (non-hydrogen) atoms. The largest absolute Gasteiger partial charge is 0.396 e. The van der Waals surface area contributed by atoms with Gasteiger partial charge in [0.25, 0.3) is 0 Å². The minimum Gasteiger partial charge on any atom is -0.396 e. The van der Waals surface area contributed by atoms with Crippen molar-refractivity contribution >= 4 is 9.28 Å². The molecule has 0 aliphatic heterocycles. The molecule has 0 saturated heterocycles. The number of hydrogen-bond donors (Lipinski definition) is 0. The van der Waals surface area contributed by atoms with Gasteiger partial charge in [-0.3, -0.25) is 0 Å². The molecule has 104 valence electrons. The minimum absolute atomic E-state index is 0.235. The van der Waals surface area contributed by atoms with Crippen LogP contribution >= 0.6 is 0 Å². The van der Waals surface area contributed by atoms with Crippen molar-refractivity contribution in [2.45, 2.75) is 66.3 Å². The molecule has 0 aliphatic carbocycles. The van der Waals surface area contributed by atoms with Gasteiger partial charge in [0.05, 0.1) is 0 Å². The Hall–Kier alpha value is 0.137. The van der Waals surface area contributed by atoms with E-state index >= 15 is 0 Å². The predicted octanol–water partition coefficient (Wildman–Crippen LogP) is 4.13. The van der Waals surface area contributed by atoms with Crippen LogP contribution in [0, 0.1) is 11.8 Å². The summed E-state index contributed by atoms with van der Waals surface area (Å²) >= 11 is 0. The highest BCUT2D eigenvalue weighted by atomic mass is 28.3. The summed E-state index contributed by atoms with van der Waals surface area (Å²) in [6.07, 6.45) is 2.40. The Morgan fingerprint density at radius 1 is 0.941 bits per heavy atom. The second-order valence-corrected chi connectivity index (χ2v) is 9.42. The van der Waals surface area contributed by atoms with Crippen molar-refractivity contribution in [3.05, 3.63) is 0 Å². The fourth-order valence-electron chi connectivity index (χ4n) is 1.82. The zero-order valence-electron chi connectivity index (χ0n) is 12.9. The highest BCUT2D eigenvalue weighted by Crippen LogP contribution is 2.35. The second-order valence-electron chi connectivity index (χ2n) is 6.52. The molecule has 0 amide bonds. The molecule has 0 atom stereocenters. The Morgan fingerprint density at radius 2 is 1.35 bits per heavy atom. The predicted molar refractivity (Wildman–Crippen MR) is 77.7 cm³/mol. The summed E-state index contributed by atoms with van der Waals surface area (Å²) in [6, 6.07) is 0. The summed E-state index contributed by atoms with van der Waals surface area (Å²) in [5.41, 5.74) is 0. The quantitative estimate of drug-likeness (QED) is 0.580. The minimum atomic E-state index is -1.57. The summed E-state index contributed by atoms with van der Waals surface area (Å²) in [6.45, 7) is 17.3. The van der Waals surface area contributed by atoms with Crippen LogP contribution in [0.25, 0.3) is 0 Å². The first-order chi connectivity index (χ1) is 7.79. The fraction of sp³-hybridized carbons (Fsp3) is 1.00. The third-order valence-electron chi connectivity index (χ3n) is 2.69. The van der Waals surface area contributed by atoms with Gasteiger partial charge in [-0.2, -0.15) is 0 Å². The summed E-state index contributed by atoms with van der Waals surface area (Å²) in [5, 5.41) is 0.235. The summed E-state index contributed by atoms with van der Waals surface area (Å²) in [4.78, 5) is 0. The van der Waals surface area contributed by atoms with Crippen LogP contribution < -0.4 is 0 Å². The van der Waals surface area contributed by atoms with Crippen molar-refractivity contribution < 1.29 is 8.85 Å². The summed E-state index contributed by atoms with van der Waals surface area (Å²) in [7, 11) is -1.57. The van der Waals surface area contributed by atoms with E-state index in [4.69, 9.17) is 8.85 Å². The molecule has 0 heterocycles. The van der Waals surface area contributed by atoms with E-state index in [1.54, 1.807) is 0 Å². The van der Waals surface area contributed by atoms with Gasteiger partial charge in [-0.15, -0.1) is 0 Å². The Bertz CT molecular complexity index is 179. The van der Waals surface area contributed by atoms with Gasteiger partial charge in [-0.1, -0.05) is 54.9 Å². The maximum Gasteiger partial charge on any atom is 0.327 e. The van der Waals surface area contributed by atoms with Crippen molar-refractivity contribution in [2.24, 2.45) is 11.8 Å². The van der Waals surface area contributed by atoms with Gasteiger partial charge in [0.2, 0.25) is 0 Å². The van der Waals surface area contributed by atoms with E-state index < -0.39 is 9.28 Å². The molecule has 0 aromatic heterocycles. The average Bonchev–Trinajstić information content (AvgIpc) is 2.15. The third-order valence-corrected chi connectivity index (χ3v) is 5.25. The molecular formula is C14H32O2Si. The van der Waals surface area contributed by atoms with Gasteiger partial charge >= 0.3 is 9.28 Å². The van der Waals surface area contributed by atoms with Crippen LogP contribution in [0.2, 0.25) is 5.04 Å². The third kappa shape index (κ3) is 7.95. The van der Waals surface area contributed by atoms with Crippen LogP contribution in [0.3, 0.4) is 0 Å². The highest BCUT2D eigenvalue weighted by Gasteiger charge is 2.34. The molecule has 0 N–H and O–H groups in total. The van der Waals surface area contributed by atoms with Gasteiger partial charge in [-0.25, -0.2) is 0 Å². The topological polar surface area (TPSA) is 18.5 Å². The molecular weight excluding hydrogens is 228 g/mol. The molecule has 3 heteroatoms. The van der Waals surface area contributed by atoms with Gasteiger partial charge in [0, 0.05) is 18.3 Å². The number of hydrogen-bond acceptors (Lipinski definition) is 2. The Morgan fingerprint density at radius 3 is 1.65 bits per heavy atom. The van der Waals surface area contributed by atoms with Crippen molar-refractivity contribution in [1.29, 1.82) is 0 Å². The van der Waals surface area contributed by atoms with E-state index in [2.05, 4.69) is 48.5 Å². The first-order valence-corrected chi connectivity index (χ1v) is 8.54. The van der Waals surface area contributed by atoms with Crippen LogP contribution in [0.1, 0.15) is 61.3 Å². The molecule has 0 aromatic rings. The lowest BCUT2D eigenvalue weighted by Crippen LogP contribution is -2.37. The lowest BCUT2D eigenvalue weighted by Gasteiger charge is -2.32. The van der Waals surface area contributed by atoms with Crippen LogP contribution in [0.5, 0.6) is 0 Å². The Balaban J connectivity index is 4.37. The molecule has 0 spiro atoms. The van der Waals surface area contributed by atoms with Gasteiger partial charge in [0.15, 0.2) is 0 Å². The van der Waals surface area contributed by atoms with Crippen LogP contribution in [-0.4, -0.2) is 22.5 Å². The molecule has 0 aliphatic rings. The summed E-state index contributed by atoms with van der Waals surface area (Å²) in [5.74, 6) is 1.18. The van der Waals surface area contributed by atoms with E-state index in [1.807, 2.05) is 0 Å². The highest BCUT2D eigenvalue weighted by molar-refractivity contribution is 6.48. The molecule has 0 aromatic carbocycles. The van der Waals surface area contributed by atoms with Crippen LogP contribution in [-0.2, 0) is 8.85 Å². The van der Waals surface area contributed by atoms with Crippen LogP contribution in [0.15, 0.2) is 0 Å². The molecule has 0 bridgehead atoms. The standard InChI is InChI=1S/C14H32O2Si/c1-8-9-14(6,7)17(15-10-12(2)3)16-11-13(4)5/h12-13,17H,8-11H2,1-7H3. The average molecular weight is 260 g/mol. The maximum absolute atomic E-state index is 6.09. The van der Waals surface area contributed by atoms with Crippen molar-refractivity contribution in [3.63, 3.8) is 0 Å². The Kier molecular flexibility index (Phi) is 8.34. The molecule has 0 rings (SSSR count). The van der Waals surface area contributed by atoms with Gasteiger partial charge in [-0.05, 0) is 18.3 Å². The van der Waals surface area contributed by atoms with E-state index in [-0.39, 0.29) is 5.04 Å². The van der Waals surface area contributed by atoms with Crippen molar-refractivity contribution in [1.82, 2.24) is 0 Å². The zero-order chi connectivity index (χ0) is 13.5. The van der Waals surface area contributed by atoms with Crippen molar-refractivity contribution in [2.75, 3.05) is 13.2 Å². The molecule has 0 saturated carbocycles. The molecule has 0 fully saturated rings. The second kappa shape index (κ2) is 8.28. The first kappa shape index (κ1) is 17.1. The fourth-order valence-corrected chi connectivity index (χ4v) is 4.46. The lowest BCUT2D eigenvalue weighted by atomic mass is 10.1. The van der Waals surface area contributed by atoms with Crippen LogP contribution in [0.4, 0.5) is 0 Å². The lowest BCUT2D eigenvalue weighted by molar-refractivity contribution is 0.143. The Labute approximate surface area is 110 Å². The molecule has 2 nitrogen and oxygen atoms in total. The smallest absolute Gasteiger partial charge is 0.327 e. The van der Waals surface area contributed by atoms with E-state index in [0.717, 1.165) is 13.2 Å². The zero-order valence-corrected chi connectivity index (χ0v) is 14.0. The molecule has 0 unspecified atom stereocenters. The van der Waals surface area contributed by atoms with Gasteiger partial charge in [0.1, 0.15) is 0 Å². The SMILES string of the molecule is CCCC(C)(C)[SiH](OCC(C)C)OCC(C)C. The normalized spacial score (nSPS) is 13.1. The van der Waals surface area contributed by atoms with E-state index in [1.165, 1.54) is 12.8 Å².